The second-order valence-corrected chi connectivity index (χ2v) is 10.4. The molecule has 1 aliphatic carbocycles. The summed E-state index contributed by atoms with van der Waals surface area (Å²) in [4.78, 5) is 16.7. The van der Waals surface area contributed by atoms with E-state index in [-0.39, 0.29) is 11.9 Å². The Morgan fingerprint density at radius 3 is 2.36 bits per heavy atom. The smallest absolute Gasteiger partial charge is 0.416 e. The fourth-order valence-electron chi connectivity index (χ4n) is 4.68. The summed E-state index contributed by atoms with van der Waals surface area (Å²) < 4.78 is 44.1. The van der Waals surface area contributed by atoms with E-state index in [1.807, 2.05) is 38.1 Å². The number of thioether (sulfide) groups is 1. The topological polar surface area (TPSA) is 59.4 Å². The molecule has 2 aromatic carbocycles. The number of carbonyl (C=O) groups is 1. The number of ether oxygens (including phenoxy) is 1. The molecule has 0 amide bonds. The van der Waals surface area contributed by atoms with Gasteiger partial charge in [0.05, 0.1) is 11.3 Å². The molecule has 1 unspecified atom stereocenters. The number of halogens is 3. The molecule has 1 heterocycles. The van der Waals surface area contributed by atoms with E-state index in [9.17, 15) is 18.0 Å². The van der Waals surface area contributed by atoms with Gasteiger partial charge in [0.25, 0.3) is 0 Å². The minimum Gasteiger partial charge on any atom is -0.482 e. The Labute approximate surface area is 212 Å². The van der Waals surface area contributed by atoms with E-state index in [0.29, 0.717) is 22.9 Å². The number of aryl methyl sites for hydroxylation is 2. The number of hydrogen-bond donors (Lipinski definition) is 1. The van der Waals surface area contributed by atoms with Gasteiger partial charge in [-0.15, -0.1) is 11.8 Å². The molecule has 1 aromatic heterocycles. The molecule has 1 atom stereocenters. The molecule has 1 fully saturated rings. The molecule has 4 nitrogen and oxygen atoms in total. The number of alkyl halides is 3. The summed E-state index contributed by atoms with van der Waals surface area (Å²) in [6, 6.07) is 14.8. The maximum atomic E-state index is 12.9. The lowest BCUT2D eigenvalue weighted by atomic mass is 9.95. The van der Waals surface area contributed by atoms with Gasteiger partial charge in [0, 0.05) is 21.4 Å². The lowest BCUT2D eigenvalue weighted by molar-refractivity contribution is -0.139. The van der Waals surface area contributed by atoms with E-state index in [2.05, 4.69) is 6.07 Å². The number of carboxylic acid groups (broad SMARTS) is 1. The van der Waals surface area contributed by atoms with Gasteiger partial charge in [-0.05, 0) is 80.1 Å². The van der Waals surface area contributed by atoms with Crippen LogP contribution in [0, 0.1) is 19.8 Å². The zero-order valence-corrected chi connectivity index (χ0v) is 21.0. The van der Waals surface area contributed by atoms with Gasteiger partial charge in [0.2, 0.25) is 0 Å². The van der Waals surface area contributed by atoms with Crippen molar-refractivity contribution in [1.82, 2.24) is 4.98 Å². The maximum Gasteiger partial charge on any atom is 0.416 e. The normalized spacial score (nSPS) is 15.1. The van der Waals surface area contributed by atoms with Crippen molar-refractivity contribution in [2.75, 3.05) is 6.61 Å². The highest BCUT2D eigenvalue weighted by Crippen LogP contribution is 2.48. The second-order valence-electron chi connectivity index (χ2n) is 9.14. The van der Waals surface area contributed by atoms with Crippen LogP contribution in [0.25, 0.3) is 11.3 Å². The summed E-state index contributed by atoms with van der Waals surface area (Å²) in [5, 5.41) is 9.06. The predicted octanol–water partition coefficient (Wildman–Crippen LogP) is 7.87. The molecule has 1 saturated carbocycles. The number of aromatic nitrogens is 1. The Hall–Kier alpha value is -3.00. The maximum absolute atomic E-state index is 12.9. The third-order valence-electron chi connectivity index (χ3n) is 6.53. The highest BCUT2D eigenvalue weighted by molar-refractivity contribution is 7.99. The molecule has 0 spiro atoms. The van der Waals surface area contributed by atoms with Crippen molar-refractivity contribution in [2.24, 2.45) is 5.92 Å². The van der Waals surface area contributed by atoms with E-state index in [0.717, 1.165) is 46.7 Å². The van der Waals surface area contributed by atoms with Crippen LogP contribution in [-0.4, -0.2) is 22.7 Å². The first kappa shape index (κ1) is 26.1. The average molecular weight is 516 g/mol. The van der Waals surface area contributed by atoms with Crippen molar-refractivity contribution in [3.05, 3.63) is 77.0 Å². The van der Waals surface area contributed by atoms with Crippen molar-refractivity contribution >= 4 is 17.7 Å². The number of pyridine rings is 1. The van der Waals surface area contributed by atoms with Crippen LogP contribution in [0.3, 0.4) is 0 Å². The lowest BCUT2D eigenvalue weighted by Gasteiger charge is -2.25. The Balaban J connectivity index is 1.59. The van der Waals surface area contributed by atoms with E-state index < -0.39 is 17.7 Å². The first-order chi connectivity index (χ1) is 17.1. The predicted molar refractivity (Wildman–Crippen MR) is 134 cm³/mol. The summed E-state index contributed by atoms with van der Waals surface area (Å²) in [6.45, 7) is 3.48. The largest absolute Gasteiger partial charge is 0.482 e. The third kappa shape index (κ3) is 6.22. The molecule has 4 rings (SSSR count). The van der Waals surface area contributed by atoms with Gasteiger partial charge in [-0.2, -0.15) is 13.2 Å². The molecule has 0 aliphatic heterocycles. The Morgan fingerprint density at radius 1 is 1.08 bits per heavy atom. The van der Waals surface area contributed by atoms with Gasteiger partial charge in [0.1, 0.15) is 5.75 Å². The van der Waals surface area contributed by atoms with Crippen LogP contribution in [-0.2, 0) is 11.0 Å². The van der Waals surface area contributed by atoms with Gasteiger partial charge in [-0.3, -0.25) is 4.98 Å². The molecule has 1 aliphatic rings. The lowest BCUT2D eigenvalue weighted by Crippen LogP contribution is -2.10. The van der Waals surface area contributed by atoms with Crippen LogP contribution in [0.15, 0.2) is 59.5 Å². The van der Waals surface area contributed by atoms with Gasteiger partial charge in [0.15, 0.2) is 6.61 Å². The average Bonchev–Trinajstić information content (AvgIpc) is 3.36. The van der Waals surface area contributed by atoms with Crippen molar-refractivity contribution in [2.45, 2.75) is 55.9 Å². The van der Waals surface area contributed by atoms with Crippen LogP contribution in [0.1, 0.15) is 53.3 Å². The fraction of sp³-hybridized carbons (Fsp3) is 0.357. The summed E-state index contributed by atoms with van der Waals surface area (Å²) in [6.07, 6.45) is 0.293. The number of rotatable bonds is 8. The molecular formula is C28H28F3NO3S. The monoisotopic (exact) mass is 515 g/mol. The first-order valence-corrected chi connectivity index (χ1v) is 12.8. The standard InChI is InChI=1S/C28H28F3NO3S/c1-17-15-22(11-14-25(17)35-16-26(33)34)36-27(20-5-3-4-6-20)23-12-13-24(32-18(23)2)19-7-9-21(10-8-19)28(29,30)31/h7-15,20,27H,3-6,16H2,1-2H3,(H,33,34). The van der Waals surface area contributed by atoms with Crippen molar-refractivity contribution < 1.29 is 27.8 Å². The van der Waals surface area contributed by atoms with E-state index in [1.54, 1.807) is 11.8 Å². The Morgan fingerprint density at radius 2 is 1.78 bits per heavy atom. The molecule has 8 heteroatoms. The summed E-state index contributed by atoms with van der Waals surface area (Å²) in [5.74, 6) is 0.0328. The van der Waals surface area contributed by atoms with Gasteiger partial charge < -0.3 is 9.84 Å². The quantitative estimate of drug-likeness (QED) is 0.309. The SMILES string of the molecule is Cc1cc(SC(c2ccc(-c3ccc(C(F)(F)F)cc3)nc2C)C2CCCC2)ccc1OCC(=O)O. The minimum absolute atomic E-state index is 0.187. The van der Waals surface area contributed by atoms with Gasteiger partial charge >= 0.3 is 12.1 Å². The highest BCUT2D eigenvalue weighted by atomic mass is 32.2. The number of benzene rings is 2. The first-order valence-electron chi connectivity index (χ1n) is 11.9. The Bertz CT molecular complexity index is 1220. The Kier molecular flexibility index (Phi) is 7.93. The van der Waals surface area contributed by atoms with E-state index >= 15 is 0 Å². The van der Waals surface area contributed by atoms with Gasteiger partial charge in [-0.25, -0.2) is 4.79 Å². The summed E-state index contributed by atoms with van der Waals surface area (Å²) in [7, 11) is 0. The third-order valence-corrected chi connectivity index (χ3v) is 7.95. The molecule has 0 bridgehead atoms. The minimum atomic E-state index is -4.36. The number of nitrogens with zero attached hydrogens (tertiary/aromatic N) is 1. The molecular weight excluding hydrogens is 487 g/mol. The number of hydrogen-bond acceptors (Lipinski definition) is 4. The summed E-state index contributed by atoms with van der Waals surface area (Å²) in [5.41, 5.74) is 3.50. The number of carboxylic acids is 1. The fourth-order valence-corrected chi connectivity index (χ4v) is 6.21. The molecule has 190 valence electrons. The second kappa shape index (κ2) is 10.9. The van der Waals surface area contributed by atoms with Crippen LogP contribution in [0.2, 0.25) is 0 Å². The van der Waals surface area contributed by atoms with Crippen molar-refractivity contribution in [3.63, 3.8) is 0 Å². The summed E-state index contributed by atoms with van der Waals surface area (Å²) >= 11 is 1.77. The molecule has 1 N–H and O–H groups in total. The van der Waals surface area contributed by atoms with E-state index in [1.165, 1.54) is 25.0 Å². The molecule has 0 radical (unpaired) electrons. The van der Waals surface area contributed by atoms with Crippen LogP contribution in [0.5, 0.6) is 5.75 Å². The molecule has 3 aromatic rings. The van der Waals surface area contributed by atoms with Crippen LogP contribution >= 0.6 is 11.8 Å². The van der Waals surface area contributed by atoms with Crippen LogP contribution in [0.4, 0.5) is 13.2 Å². The van der Waals surface area contributed by atoms with Crippen molar-refractivity contribution in [1.29, 1.82) is 0 Å². The molecule has 0 saturated heterocycles. The van der Waals surface area contributed by atoms with Crippen LogP contribution < -0.4 is 4.74 Å². The van der Waals surface area contributed by atoms with Gasteiger partial charge in [-0.1, -0.05) is 31.0 Å². The molecule has 36 heavy (non-hydrogen) atoms. The zero-order chi connectivity index (χ0) is 25.9. The van der Waals surface area contributed by atoms with E-state index in [4.69, 9.17) is 14.8 Å². The highest BCUT2D eigenvalue weighted by Gasteiger charge is 2.31. The number of aliphatic carboxylic acids is 1. The zero-order valence-electron chi connectivity index (χ0n) is 20.1. The van der Waals surface area contributed by atoms with Crippen molar-refractivity contribution in [3.8, 4) is 17.0 Å².